The number of hydrogen-bond acceptors (Lipinski definition) is 5. The first kappa shape index (κ1) is 19.3. The minimum atomic E-state index is -1.10. The second-order valence-electron chi connectivity index (χ2n) is 6.34. The van der Waals surface area contributed by atoms with Gasteiger partial charge >= 0.3 is 5.97 Å². The van der Waals surface area contributed by atoms with Gasteiger partial charge in [-0.2, -0.15) is 5.26 Å². The summed E-state index contributed by atoms with van der Waals surface area (Å²) in [5, 5.41) is 18.8. The molecular weight excluding hydrogens is 406 g/mol. The van der Waals surface area contributed by atoms with Crippen LogP contribution in [-0.2, 0) is 0 Å². The van der Waals surface area contributed by atoms with Crippen molar-refractivity contribution in [1.29, 1.82) is 5.26 Å². The lowest BCUT2D eigenvalue weighted by Crippen LogP contribution is -1.96. The Balaban J connectivity index is 1.66. The lowest BCUT2D eigenvalue weighted by Gasteiger charge is -2.01. The number of carboxylic acid groups (broad SMARTS) is 1. The molecule has 2 aromatic heterocycles. The quantitative estimate of drug-likeness (QED) is 0.427. The smallest absolute Gasteiger partial charge is 0.337 e. The number of benzene rings is 2. The maximum Gasteiger partial charge on any atom is 0.337 e. The summed E-state index contributed by atoms with van der Waals surface area (Å²) in [6.07, 6.45) is 1.58. The van der Waals surface area contributed by atoms with Crippen LogP contribution in [0.4, 0.5) is 0 Å². The number of nitrogens with zero attached hydrogens (tertiary/aromatic N) is 2. The fraction of sp³-hybridized carbons (Fsp3) is 0.0455. The maximum absolute atomic E-state index is 11.1. The zero-order chi connectivity index (χ0) is 21.3. The number of ether oxygens (including phenoxy) is 1. The molecule has 0 saturated carbocycles. The van der Waals surface area contributed by atoms with Crippen molar-refractivity contribution in [2.45, 2.75) is 0 Å². The van der Waals surface area contributed by atoms with Crippen molar-refractivity contribution in [3.63, 3.8) is 0 Å². The molecule has 8 heteroatoms. The number of carbonyl (C=O) groups is 1. The van der Waals surface area contributed by atoms with Crippen molar-refractivity contribution in [2.75, 3.05) is 7.11 Å². The van der Waals surface area contributed by atoms with E-state index in [-0.39, 0.29) is 10.6 Å². The molecule has 0 radical (unpaired) electrons. The predicted molar refractivity (Wildman–Crippen MR) is 112 cm³/mol. The summed E-state index contributed by atoms with van der Waals surface area (Å²) < 4.78 is 11.0. The number of halogens is 1. The fourth-order valence-electron chi connectivity index (χ4n) is 2.97. The van der Waals surface area contributed by atoms with Gasteiger partial charge in [0, 0.05) is 17.7 Å². The molecule has 2 aromatic carbocycles. The number of fused-ring (bicyclic) bond motifs is 1. The zero-order valence-electron chi connectivity index (χ0n) is 15.6. The second-order valence-corrected chi connectivity index (χ2v) is 6.75. The number of rotatable bonds is 5. The van der Waals surface area contributed by atoms with Gasteiger partial charge in [0.2, 0.25) is 0 Å². The summed E-state index contributed by atoms with van der Waals surface area (Å²) in [5.41, 5.74) is 2.39. The molecule has 0 amide bonds. The van der Waals surface area contributed by atoms with Crippen molar-refractivity contribution < 1.29 is 19.1 Å². The Bertz CT molecular complexity index is 1340. The lowest BCUT2D eigenvalue weighted by atomic mass is 10.1. The second kappa shape index (κ2) is 7.78. The Morgan fingerprint density at radius 2 is 2.10 bits per heavy atom. The minimum Gasteiger partial charge on any atom is -0.497 e. The van der Waals surface area contributed by atoms with Crippen LogP contribution in [-0.4, -0.2) is 28.2 Å². The molecule has 30 heavy (non-hydrogen) atoms. The molecule has 0 aliphatic heterocycles. The number of methoxy groups -OCH3 is 1. The van der Waals surface area contributed by atoms with Crippen LogP contribution in [0.15, 0.2) is 52.9 Å². The van der Waals surface area contributed by atoms with E-state index in [9.17, 15) is 10.1 Å². The standard InChI is InChI=1S/C22H14ClN3O4/c1-29-14-3-6-18-19(10-14)26-21(25-18)13(11-24)8-15-4-7-20(30-15)12-2-5-16(22(27)28)17(23)9-12/h2-10H,1H3,(H,25,26)(H,27,28)/b13-8-. The number of carboxylic acids is 1. The van der Waals surface area contributed by atoms with Crippen LogP contribution in [0, 0.1) is 11.3 Å². The number of nitrogens with one attached hydrogen (secondary N) is 1. The monoisotopic (exact) mass is 419 g/mol. The van der Waals surface area contributed by atoms with Crippen LogP contribution >= 0.6 is 11.6 Å². The van der Waals surface area contributed by atoms with Crippen molar-refractivity contribution in [3.8, 4) is 23.1 Å². The van der Waals surface area contributed by atoms with Crippen LogP contribution in [0.25, 0.3) is 34.0 Å². The third-order valence-electron chi connectivity index (χ3n) is 4.46. The van der Waals surface area contributed by atoms with Crippen LogP contribution < -0.4 is 4.74 Å². The minimum absolute atomic E-state index is 0.0142. The van der Waals surface area contributed by atoms with Crippen LogP contribution in [0.5, 0.6) is 5.75 Å². The fourth-order valence-corrected chi connectivity index (χ4v) is 3.23. The molecule has 0 saturated heterocycles. The van der Waals surface area contributed by atoms with Crippen molar-refractivity contribution in [2.24, 2.45) is 0 Å². The Kier molecular flexibility index (Phi) is 5.00. The number of nitriles is 1. The largest absolute Gasteiger partial charge is 0.497 e. The lowest BCUT2D eigenvalue weighted by molar-refractivity contribution is 0.0697. The van der Waals surface area contributed by atoms with Gasteiger partial charge in [-0.05, 0) is 36.4 Å². The summed E-state index contributed by atoms with van der Waals surface area (Å²) >= 11 is 6.03. The van der Waals surface area contributed by atoms with Gasteiger partial charge in [0.1, 0.15) is 29.2 Å². The van der Waals surface area contributed by atoms with Gasteiger partial charge < -0.3 is 19.2 Å². The SMILES string of the molecule is COc1ccc2nc(/C(C#N)=C\c3ccc(-c4ccc(C(=O)O)c(Cl)c4)o3)[nH]c2c1. The van der Waals surface area contributed by atoms with Gasteiger partial charge in [-0.3, -0.25) is 0 Å². The molecule has 148 valence electrons. The van der Waals surface area contributed by atoms with E-state index in [1.807, 2.05) is 0 Å². The van der Waals surface area contributed by atoms with Gasteiger partial charge in [-0.25, -0.2) is 9.78 Å². The first-order valence-corrected chi connectivity index (χ1v) is 9.15. The predicted octanol–water partition coefficient (Wildman–Crippen LogP) is 5.25. The van der Waals surface area contributed by atoms with E-state index in [1.165, 1.54) is 12.1 Å². The number of H-pyrrole nitrogens is 1. The number of imidazole rings is 1. The topological polar surface area (TPSA) is 112 Å². The summed E-state index contributed by atoms with van der Waals surface area (Å²) in [7, 11) is 1.58. The van der Waals surface area contributed by atoms with Gasteiger partial charge in [0.15, 0.2) is 0 Å². The first-order valence-electron chi connectivity index (χ1n) is 8.77. The maximum atomic E-state index is 11.1. The molecule has 4 rings (SSSR count). The van der Waals surface area contributed by atoms with Crippen LogP contribution in [0.3, 0.4) is 0 Å². The summed E-state index contributed by atoms with van der Waals surface area (Å²) in [4.78, 5) is 18.7. The van der Waals surface area contributed by atoms with Crippen molar-refractivity contribution >= 4 is 40.3 Å². The van der Waals surface area contributed by atoms with Crippen molar-refractivity contribution in [3.05, 3.63) is 70.7 Å². The summed E-state index contributed by atoms with van der Waals surface area (Å²) in [6, 6.07) is 15.5. The number of aromatic amines is 1. The van der Waals surface area contributed by atoms with E-state index in [0.29, 0.717) is 39.7 Å². The highest BCUT2D eigenvalue weighted by Crippen LogP contribution is 2.29. The Morgan fingerprint density at radius 1 is 1.27 bits per heavy atom. The van der Waals surface area contributed by atoms with Crippen LogP contribution in [0.2, 0.25) is 5.02 Å². The molecule has 7 nitrogen and oxygen atoms in total. The third kappa shape index (κ3) is 3.64. The van der Waals surface area contributed by atoms with Crippen LogP contribution in [0.1, 0.15) is 21.9 Å². The molecule has 0 aliphatic carbocycles. The highest BCUT2D eigenvalue weighted by atomic mass is 35.5. The molecule has 0 spiro atoms. The number of furan rings is 1. The van der Waals surface area contributed by atoms with Gasteiger partial charge in [-0.1, -0.05) is 17.7 Å². The molecule has 0 fully saturated rings. The molecule has 0 aliphatic rings. The molecule has 0 atom stereocenters. The Morgan fingerprint density at radius 3 is 2.80 bits per heavy atom. The number of hydrogen-bond donors (Lipinski definition) is 2. The molecular formula is C22H14ClN3O4. The summed E-state index contributed by atoms with van der Waals surface area (Å²) in [5.74, 6) is 0.928. The van der Waals surface area contributed by atoms with Crippen molar-refractivity contribution in [1.82, 2.24) is 9.97 Å². The Labute approximate surface area is 175 Å². The molecule has 2 N–H and O–H groups in total. The number of allylic oxidation sites excluding steroid dienone is 1. The van der Waals surface area contributed by atoms with E-state index in [4.69, 9.17) is 25.9 Å². The van der Waals surface area contributed by atoms with Gasteiger partial charge in [0.05, 0.1) is 34.3 Å². The van der Waals surface area contributed by atoms with E-state index >= 15 is 0 Å². The highest BCUT2D eigenvalue weighted by molar-refractivity contribution is 6.33. The molecule has 0 bridgehead atoms. The normalized spacial score (nSPS) is 11.4. The van der Waals surface area contributed by atoms with E-state index in [2.05, 4.69) is 16.0 Å². The molecule has 0 unspecified atom stereocenters. The molecule has 4 aromatic rings. The average Bonchev–Trinajstić information content (AvgIpc) is 3.37. The zero-order valence-corrected chi connectivity index (χ0v) is 16.4. The first-order chi connectivity index (χ1) is 14.5. The number of aromatic carboxylic acids is 1. The molecule has 2 heterocycles. The average molecular weight is 420 g/mol. The van der Waals surface area contributed by atoms with E-state index in [0.717, 1.165) is 5.52 Å². The summed E-state index contributed by atoms with van der Waals surface area (Å²) in [6.45, 7) is 0. The number of aromatic nitrogens is 2. The van der Waals surface area contributed by atoms with Gasteiger partial charge in [-0.15, -0.1) is 0 Å². The van der Waals surface area contributed by atoms with E-state index in [1.54, 1.807) is 49.6 Å². The highest BCUT2D eigenvalue weighted by Gasteiger charge is 2.13. The Hall–Kier alpha value is -4.02. The van der Waals surface area contributed by atoms with E-state index < -0.39 is 5.97 Å². The van der Waals surface area contributed by atoms with Gasteiger partial charge in [0.25, 0.3) is 0 Å². The third-order valence-corrected chi connectivity index (χ3v) is 4.77.